The van der Waals surface area contributed by atoms with Gasteiger partial charge in [0, 0.05) is 57.9 Å². The molecular formula is C21H25N5O. The molecule has 27 heavy (non-hydrogen) atoms. The molecule has 2 aromatic rings. The smallest absolute Gasteiger partial charge is 0.320 e. The number of rotatable bonds is 2. The van der Waals surface area contributed by atoms with Gasteiger partial charge >= 0.3 is 6.03 Å². The van der Waals surface area contributed by atoms with Gasteiger partial charge in [0.15, 0.2) is 0 Å². The van der Waals surface area contributed by atoms with E-state index >= 15 is 0 Å². The third kappa shape index (κ3) is 2.83. The molecule has 140 valence electrons. The molecule has 3 aliphatic heterocycles. The Hall–Kier alpha value is -2.63. The fraction of sp³-hybridized carbons (Fsp3) is 0.476. The van der Waals surface area contributed by atoms with Gasteiger partial charge in [-0.15, -0.1) is 0 Å². The standard InChI is InChI=1S/C21H25N5O/c27-20(24-10-1-2-11-24)25-12-7-21(15-25)16-26(14-17-5-3-8-22-13-17)18-6-4-9-23-19(18)21/h3-6,8-9,13H,1-2,7,10-12,14-16H2/t21-/m0/s1. The number of aromatic nitrogens is 2. The Morgan fingerprint density at radius 1 is 1.04 bits per heavy atom. The summed E-state index contributed by atoms with van der Waals surface area (Å²) >= 11 is 0. The van der Waals surface area contributed by atoms with Crippen molar-refractivity contribution < 1.29 is 4.79 Å². The first kappa shape index (κ1) is 16.5. The van der Waals surface area contributed by atoms with E-state index in [0.717, 1.165) is 64.2 Å². The molecule has 5 heterocycles. The minimum Gasteiger partial charge on any atom is -0.365 e. The fourth-order valence-corrected chi connectivity index (χ4v) is 4.91. The molecule has 2 saturated heterocycles. The van der Waals surface area contributed by atoms with Crippen molar-refractivity contribution in [2.45, 2.75) is 31.2 Å². The van der Waals surface area contributed by atoms with E-state index in [9.17, 15) is 4.79 Å². The van der Waals surface area contributed by atoms with Crippen LogP contribution in [0.5, 0.6) is 0 Å². The number of hydrogen-bond donors (Lipinski definition) is 0. The highest BCUT2D eigenvalue weighted by atomic mass is 16.2. The van der Waals surface area contributed by atoms with Gasteiger partial charge in [0.1, 0.15) is 0 Å². The van der Waals surface area contributed by atoms with Gasteiger partial charge in [-0.2, -0.15) is 0 Å². The Morgan fingerprint density at radius 2 is 1.89 bits per heavy atom. The van der Waals surface area contributed by atoms with E-state index in [0.29, 0.717) is 0 Å². The molecule has 0 aliphatic carbocycles. The van der Waals surface area contributed by atoms with E-state index in [-0.39, 0.29) is 11.4 Å². The quantitative estimate of drug-likeness (QED) is 0.823. The highest BCUT2D eigenvalue weighted by Gasteiger charge is 2.50. The van der Waals surface area contributed by atoms with E-state index < -0.39 is 0 Å². The largest absolute Gasteiger partial charge is 0.365 e. The Morgan fingerprint density at radius 3 is 2.70 bits per heavy atom. The Kier molecular flexibility index (Phi) is 3.99. The SMILES string of the molecule is O=C(N1CCCC1)N1CC[C@]2(C1)CN(Cc1cccnc1)c1cccnc12. The summed E-state index contributed by atoms with van der Waals surface area (Å²) in [6, 6.07) is 8.49. The van der Waals surface area contributed by atoms with Gasteiger partial charge in [0.2, 0.25) is 0 Å². The van der Waals surface area contributed by atoms with E-state index in [1.165, 1.54) is 11.3 Å². The molecule has 1 atom stereocenters. The molecule has 0 N–H and O–H groups in total. The number of likely N-dealkylation sites (tertiary alicyclic amines) is 2. The van der Waals surface area contributed by atoms with Crippen LogP contribution in [0.4, 0.5) is 10.5 Å². The molecular weight excluding hydrogens is 338 g/mol. The Bertz CT molecular complexity index is 835. The number of carbonyl (C=O) groups is 1. The number of pyridine rings is 2. The Labute approximate surface area is 159 Å². The lowest BCUT2D eigenvalue weighted by Crippen LogP contribution is -2.43. The van der Waals surface area contributed by atoms with Crippen LogP contribution >= 0.6 is 0 Å². The number of anilines is 1. The predicted octanol–water partition coefficient (Wildman–Crippen LogP) is 2.66. The highest BCUT2D eigenvalue weighted by molar-refractivity contribution is 5.76. The molecule has 0 radical (unpaired) electrons. The first-order valence-electron chi connectivity index (χ1n) is 9.88. The molecule has 6 nitrogen and oxygen atoms in total. The third-order valence-corrected chi connectivity index (χ3v) is 6.22. The van der Waals surface area contributed by atoms with E-state index in [2.05, 4.69) is 26.9 Å². The molecule has 2 aromatic heterocycles. The van der Waals surface area contributed by atoms with Crippen LogP contribution < -0.4 is 4.90 Å². The lowest BCUT2D eigenvalue weighted by atomic mass is 9.85. The lowest BCUT2D eigenvalue weighted by Gasteiger charge is -2.28. The van der Waals surface area contributed by atoms with Gasteiger partial charge < -0.3 is 14.7 Å². The zero-order valence-electron chi connectivity index (χ0n) is 15.5. The molecule has 0 aromatic carbocycles. The average molecular weight is 363 g/mol. The summed E-state index contributed by atoms with van der Waals surface area (Å²) in [5, 5.41) is 0. The molecule has 2 fully saturated rings. The predicted molar refractivity (Wildman–Crippen MR) is 104 cm³/mol. The molecule has 5 rings (SSSR count). The second-order valence-electron chi connectivity index (χ2n) is 8.02. The van der Waals surface area contributed by atoms with Crippen molar-refractivity contribution in [1.29, 1.82) is 0 Å². The van der Waals surface area contributed by atoms with Crippen molar-refractivity contribution in [2.75, 3.05) is 37.6 Å². The zero-order valence-corrected chi connectivity index (χ0v) is 15.5. The summed E-state index contributed by atoms with van der Waals surface area (Å²) in [5.41, 5.74) is 3.52. The summed E-state index contributed by atoms with van der Waals surface area (Å²) in [7, 11) is 0. The second kappa shape index (κ2) is 6.51. The summed E-state index contributed by atoms with van der Waals surface area (Å²) in [6.45, 7) is 5.16. The molecule has 3 aliphatic rings. The normalized spacial score (nSPS) is 24.1. The number of nitrogens with zero attached hydrogens (tertiary/aromatic N) is 5. The van der Waals surface area contributed by atoms with Crippen LogP contribution in [0.2, 0.25) is 0 Å². The summed E-state index contributed by atoms with van der Waals surface area (Å²) in [5.74, 6) is 0. The number of amides is 2. The third-order valence-electron chi connectivity index (χ3n) is 6.22. The summed E-state index contributed by atoms with van der Waals surface area (Å²) in [6.07, 6.45) is 8.88. The number of urea groups is 1. The van der Waals surface area contributed by atoms with Gasteiger partial charge in [-0.25, -0.2) is 4.79 Å². The van der Waals surface area contributed by atoms with Crippen LogP contribution in [-0.4, -0.2) is 58.5 Å². The first-order chi connectivity index (χ1) is 13.3. The minimum absolute atomic E-state index is 0.0474. The molecule has 1 spiro atoms. The second-order valence-corrected chi connectivity index (χ2v) is 8.02. The average Bonchev–Trinajstić information content (AvgIpc) is 3.44. The molecule has 0 saturated carbocycles. The maximum atomic E-state index is 12.9. The fourth-order valence-electron chi connectivity index (χ4n) is 4.91. The van der Waals surface area contributed by atoms with Crippen molar-refractivity contribution in [2.24, 2.45) is 0 Å². The van der Waals surface area contributed by atoms with Crippen LogP contribution in [0.15, 0.2) is 42.9 Å². The first-order valence-corrected chi connectivity index (χ1v) is 9.88. The maximum absolute atomic E-state index is 12.9. The van der Waals surface area contributed by atoms with E-state index in [1.54, 1.807) is 0 Å². The molecule has 2 amide bonds. The van der Waals surface area contributed by atoms with Gasteiger partial charge in [0.05, 0.1) is 16.8 Å². The topological polar surface area (TPSA) is 52.6 Å². The lowest BCUT2D eigenvalue weighted by molar-refractivity contribution is 0.170. The van der Waals surface area contributed by atoms with E-state index in [1.807, 2.05) is 35.6 Å². The molecule has 0 bridgehead atoms. The maximum Gasteiger partial charge on any atom is 0.320 e. The summed E-state index contributed by atoms with van der Waals surface area (Å²) in [4.78, 5) is 28.4. The molecule has 6 heteroatoms. The van der Waals surface area contributed by atoms with Crippen LogP contribution in [-0.2, 0) is 12.0 Å². The zero-order chi connectivity index (χ0) is 18.3. The number of fused-ring (bicyclic) bond motifs is 2. The summed E-state index contributed by atoms with van der Waals surface area (Å²) < 4.78 is 0. The van der Waals surface area contributed by atoms with Gasteiger partial charge in [-0.05, 0) is 43.0 Å². The Balaban J connectivity index is 1.39. The van der Waals surface area contributed by atoms with Crippen LogP contribution in [0.3, 0.4) is 0 Å². The van der Waals surface area contributed by atoms with Crippen molar-refractivity contribution in [1.82, 2.24) is 19.8 Å². The van der Waals surface area contributed by atoms with Crippen molar-refractivity contribution in [3.8, 4) is 0 Å². The monoisotopic (exact) mass is 363 g/mol. The van der Waals surface area contributed by atoms with Gasteiger partial charge in [-0.1, -0.05) is 6.07 Å². The van der Waals surface area contributed by atoms with Crippen molar-refractivity contribution in [3.05, 3.63) is 54.1 Å². The minimum atomic E-state index is -0.0474. The van der Waals surface area contributed by atoms with Gasteiger partial charge in [0.25, 0.3) is 0 Å². The number of carbonyl (C=O) groups excluding carboxylic acids is 1. The van der Waals surface area contributed by atoms with Crippen LogP contribution in [0.25, 0.3) is 0 Å². The molecule has 0 unspecified atom stereocenters. The van der Waals surface area contributed by atoms with Crippen molar-refractivity contribution >= 4 is 11.7 Å². The van der Waals surface area contributed by atoms with Gasteiger partial charge in [-0.3, -0.25) is 9.97 Å². The number of hydrogen-bond acceptors (Lipinski definition) is 4. The van der Waals surface area contributed by atoms with Crippen LogP contribution in [0.1, 0.15) is 30.5 Å². The highest BCUT2D eigenvalue weighted by Crippen LogP contribution is 2.45. The van der Waals surface area contributed by atoms with E-state index in [4.69, 9.17) is 4.98 Å². The van der Waals surface area contributed by atoms with Crippen LogP contribution in [0, 0.1) is 0 Å². The van der Waals surface area contributed by atoms with Crippen molar-refractivity contribution in [3.63, 3.8) is 0 Å².